The lowest BCUT2D eigenvalue weighted by Crippen LogP contribution is -2.04. The van der Waals surface area contributed by atoms with Crippen LogP contribution in [-0.2, 0) is 11.2 Å². The van der Waals surface area contributed by atoms with Crippen LogP contribution in [0, 0.1) is 0 Å². The molecule has 0 fully saturated rings. The molecule has 0 aliphatic heterocycles. The van der Waals surface area contributed by atoms with E-state index in [-0.39, 0.29) is 5.78 Å². The number of hydrogen-bond donors (Lipinski definition) is 0. The molecular weight excluding hydrogens is 324 g/mol. The average Bonchev–Trinajstić information content (AvgIpc) is 2.22. The maximum Gasteiger partial charge on any atom is 0.147 e. The second kappa shape index (κ2) is 6.28. The van der Waals surface area contributed by atoms with Crippen molar-refractivity contribution in [1.29, 1.82) is 0 Å². The Morgan fingerprint density at radius 1 is 1.47 bits per heavy atom. The Kier molecular flexibility index (Phi) is 5.32. The van der Waals surface area contributed by atoms with E-state index in [0.29, 0.717) is 18.4 Å². The monoisotopic (exact) mass is 334 g/mol. The first-order valence-corrected chi connectivity index (χ1v) is 6.57. The molecule has 4 heteroatoms. The summed E-state index contributed by atoms with van der Waals surface area (Å²) in [5.41, 5.74) is 0.989. The number of ether oxygens (including phenoxy) is 1. The minimum atomic E-state index is 0.167. The van der Waals surface area contributed by atoms with Crippen LogP contribution >= 0.6 is 31.9 Å². The summed E-state index contributed by atoms with van der Waals surface area (Å²) in [4.78, 5) is 11.2. The van der Waals surface area contributed by atoms with E-state index >= 15 is 0 Å². The molecule has 0 radical (unpaired) electrons. The smallest absolute Gasteiger partial charge is 0.147 e. The van der Waals surface area contributed by atoms with E-state index in [1.807, 2.05) is 25.1 Å². The van der Waals surface area contributed by atoms with E-state index in [2.05, 4.69) is 31.9 Å². The standard InChI is InChI=1S/C11H12Br2O2/c1-2-15-10-4-3-8(11(13)6-10)5-9(14)7-12/h3-4,6H,2,5,7H2,1H3. The zero-order valence-corrected chi connectivity index (χ0v) is 11.6. The van der Waals surface area contributed by atoms with Crippen LogP contribution in [0.2, 0.25) is 0 Å². The third-order valence-corrected chi connectivity index (χ3v) is 3.24. The minimum Gasteiger partial charge on any atom is -0.494 e. The predicted molar refractivity (Wildman–Crippen MR) is 67.8 cm³/mol. The van der Waals surface area contributed by atoms with E-state index in [4.69, 9.17) is 4.74 Å². The summed E-state index contributed by atoms with van der Waals surface area (Å²) in [6.45, 7) is 2.59. The first-order chi connectivity index (χ1) is 7.17. The number of alkyl halides is 1. The second-order valence-corrected chi connectivity index (χ2v) is 4.45. The molecule has 0 spiro atoms. The molecule has 1 aromatic carbocycles. The van der Waals surface area contributed by atoms with Gasteiger partial charge >= 0.3 is 0 Å². The second-order valence-electron chi connectivity index (χ2n) is 3.04. The number of hydrogen-bond acceptors (Lipinski definition) is 2. The highest BCUT2D eigenvalue weighted by Gasteiger charge is 2.06. The molecule has 1 rings (SSSR count). The number of ketones is 1. The lowest BCUT2D eigenvalue weighted by atomic mass is 10.1. The summed E-state index contributed by atoms with van der Waals surface area (Å²) in [7, 11) is 0. The Balaban J connectivity index is 2.78. The molecule has 0 aliphatic rings. The van der Waals surface area contributed by atoms with Gasteiger partial charge in [-0.05, 0) is 24.6 Å². The molecule has 0 atom stereocenters. The SMILES string of the molecule is CCOc1ccc(CC(=O)CBr)c(Br)c1. The molecule has 0 N–H and O–H groups in total. The van der Waals surface area contributed by atoms with E-state index in [9.17, 15) is 4.79 Å². The fourth-order valence-electron chi connectivity index (χ4n) is 1.19. The van der Waals surface area contributed by atoms with Crippen molar-refractivity contribution < 1.29 is 9.53 Å². The number of rotatable bonds is 5. The molecule has 2 nitrogen and oxygen atoms in total. The lowest BCUT2D eigenvalue weighted by molar-refractivity contribution is -0.115. The highest BCUT2D eigenvalue weighted by atomic mass is 79.9. The maximum atomic E-state index is 11.2. The van der Waals surface area contributed by atoms with Crippen LogP contribution < -0.4 is 4.74 Å². The molecular formula is C11H12Br2O2. The van der Waals surface area contributed by atoms with Crippen molar-refractivity contribution in [1.82, 2.24) is 0 Å². The zero-order chi connectivity index (χ0) is 11.3. The number of benzene rings is 1. The van der Waals surface area contributed by atoms with E-state index < -0.39 is 0 Å². The third-order valence-electron chi connectivity index (χ3n) is 1.87. The van der Waals surface area contributed by atoms with Gasteiger partial charge in [0, 0.05) is 10.9 Å². The minimum absolute atomic E-state index is 0.167. The normalized spacial score (nSPS) is 10.1. The van der Waals surface area contributed by atoms with E-state index in [1.165, 1.54) is 0 Å². The van der Waals surface area contributed by atoms with Gasteiger partial charge < -0.3 is 4.74 Å². The highest BCUT2D eigenvalue weighted by Crippen LogP contribution is 2.23. The molecule has 0 unspecified atom stereocenters. The van der Waals surface area contributed by atoms with Crippen molar-refractivity contribution >= 4 is 37.6 Å². The van der Waals surface area contributed by atoms with Gasteiger partial charge in [0.05, 0.1) is 11.9 Å². The Morgan fingerprint density at radius 2 is 2.20 bits per heavy atom. The fourth-order valence-corrected chi connectivity index (χ4v) is 1.88. The molecule has 1 aromatic rings. The summed E-state index contributed by atoms with van der Waals surface area (Å²) in [6.07, 6.45) is 0.443. The zero-order valence-electron chi connectivity index (χ0n) is 8.43. The van der Waals surface area contributed by atoms with Gasteiger partial charge in [0.25, 0.3) is 0 Å². The molecule has 0 saturated carbocycles. The van der Waals surface area contributed by atoms with Crippen LogP contribution in [0.4, 0.5) is 0 Å². The molecule has 82 valence electrons. The number of carbonyl (C=O) groups is 1. The molecule has 0 heterocycles. The number of carbonyl (C=O) groups excluding carboxylic acids is 1. The summed E-state index contributed by atoms with van der Waals surface area (Å²) in [6, 6.07) is 5.68. The summed E-state index contributed by atoms with van der Waals surface area (Å²) in [5, 5.41) is 0.395. The van der Waals surface area contributed by atoms with Crippen LogP contribution in [-0.4, -0.2) is 17.7 Å². The van der Waals surface area contributed by atoms with Gasteiger partial charge in [0.15, 0.2) is 0 Å². The first-order valence-electron chi connectivity index (χ1n) is 4.66. The van der Waals surface area contributed by atoms with Gasteiger partial charge in [-0.15, -0.1) is 0 Å². The maximum absolute atomic E-state index is 11.2. The van der Waals surface area contributed by atoms with Crippen molar-refractivity contribution in [3.8, 4) is 5.75 Å². The van der Waals surface area contributed by atoms with Crippen molar-refractivity contribution in [3.63, 3.8) is 0 Å². The lowest BCUT2D eigenvalue weighted by Gasteiger charge is -2.06. The van der Waals surface area contributed by atoms with E-state index in [0.717, 1.165) is 15.8 Å². The van der Waals surface area contributed by atoms with Crippen LogP contribution in [0.1, 0.15) is 12.5 Å². The molecule has 0 amide bonds. The van der Waals surface area contributed by atoms with Crippen molar-refractivity contribution in [2.24, 2.45) is 0 Å². The Labute approximate surface area is 106 Å². The van der Waals surface area contributed by atoms with Gasteiger partial charge in [-0.25, -0.2) is 0 Å². The average molecular weight is 336 g/mol. The highest BCUT2D eigenvalue weighted by molar-refractivity contribution is 9.10. The summed E-state index contributed by atoms with van der Waals surface area (Å²) >= 11 is 6.57. The quantitative estimate of drug-likeness (QED) is 0.771. The van der Waals surface area contributed by atoms with Crippen molar-refractivity contribution in [2.45, 2.75) is 13.3 Å². The number of halogens is 2. The van der Waals surface area contributed by atoms with Crippen molar-refractivity contribution in [3.05, 3.63) is 28.2 Å². The molecule has 0 saturated heterocycles. The Morgan fingerprint density at radius 3 is 2.73 bits per heavy atom. The fraction of sp³-hybridized carbons (Fsp3) is 0.364. The van der Waals surface area contributed by atoms with Gasteiger partial charge in [-0.2, -0.15) is 0 Å². The van der Waals surface area contributed by atoms with Gasteiger partial charge in [-0.1, -0.05) is 37.9 Å². The largest absolute Gasteiger partial charge is 0.494 e. The topological polar surface area (TPSA) is 26.3 Å². The van der Waals surface area contributed by atoms with Crippen LogP contribution in [0.5, 0.6) is 5.75 Å². The Bertz CT molecular complexity index is 350. The predicted octanol–water partition coefficient (Wildman–Crippen LogP) is 3.35. The summed E-state index contributed by atoms with van der Waals surface area (Å²) < 4.78 is 6.27. The van der Waals surface area contributed by atoms with Crippen LogP contribution in [0.15, 0.2) is 22.7 Å². The van der Waals surface area contributed by atoms with Gasteiger partial charge in [0.1, 0.15) is 11.5 Å². The van der Waals surface area contributed by atoms with Crippen molar-refractivity contribution in [2.75, 3.05) is 11.9 Å². The first kappa shape index (κ1) is 12.7. The number of Topliss-reactive ketones (excluding diaryl/α,β-unsaturated/α-hetero) is 1. The van der Waals surface area contributed by atoms with E-state index in [1.54, 1.807) is 0 Å². The molecule has 15 heavy (non-hydrogen) atoms. The third kappa shape index (κ3) is 3.95. The summed E-state index contributed by atoms with van der Waals surface area (Å²) in [5.74, 6) is 0.985. The van der Waals surface area contributed by atoms with Crippen LogP contribution in [0.25, 0.3) is 0 Å². The van der Waals surface area contributed by atoms with Crippen LogP contribution in [0.3, 0.4) is 0 Å². The molecule has 0 bridgehead atoms. The molecule has 0 aromatic heterocycles. The van der Waals surface area contributed by atoms with Gasteiger partial charge in [-0.3, -0.25) is 4.79 Å². The molecule has 0 aliphatic carbocycles. The van der Waals surface area contributed by atoms with Gasteiger partial charge in [0.2, 0.25) is 0 Å². The Hall–Kier alpha value is -0.350.